The van der Waals surface area contributed by atoms with Gasteiger partial charge < -0.3 is 5.11 Å². The van der Waals surface area contributed by atoms with Gasteiger partial charge in [-0.1, -0.05) is 87.6 Å². The SMILES string of the molecule is CCCCCCC[C@@H](O)[Si](C)(C)c1ccccc1. The number of hydrogen-bond acceptors (Lipinski definition) is 1. The molecular formula is C16H28OSi. The molecule has 102 valence electrons. The maximum atomic E-state index is 10.4. The molecule has 1 atom stereocenters. The zero-order valence-corrected chi connectivity index (χ0v) is 13.2. The van der Waals surface area contributed by atoms with Crippen molar-refractivity contribution in [2.24, 2.45) is 0 Å². The minimum Gasteiger partial charge on any atom is -0.396 e. The molecule has 1 rings (SSSR count). The van der Waals surface area contributed by atoms with Gasteiger partial charge in [0.05, 0.1) is 0 Å². The number of aliphatic hydroxyl groups is 1. The fraction of sp³-hybridized carbons (Fsp3) is 0.625. The van der Waals surface area contributed by atoms with Crippen LogP contribution in [0.5, 0.6) is 0 Å². The van der Waals surface area contributed by atoms with Crippen molar-refractivity contribution >= 4 is 13.3 Å². The highest BCUT2D eigenvalue weighted by molar-refractivity contribution is 6.90. The Morgan fingerprint density at radius 1 is 1.00 bits per heavy atom. The molecule has 0 aromatic heterocycles. The standard InChI is InChI=1S/C16H28OSi/c1-4-5-6-7-11-14-16(17)18(2,3)15-12-9-8-10-13-15/h8-10,12-13,16-17H,4-7,11,14H2,1-3H3/t16-/m0/s1. The molecule has 18 heavy (non-hydrogen) atoms. The van der Waals surface area contributed by atoms with Crippen molar-refractivity contribution in [3.05, 3.63) is 30.3 Å². The molecule has 0 aliphatic rings. The molecule has 0 bridgehead atoms. The van der Waals surface area contributed by atoms with Gasteiger partial charge in [0, 0.05) is 5.73 Å². The lowest BCUT2D eigenvalue weighted by molar-refractivity contribution is 0.229. The van der Waals surface area contributed by atoms with Crippen LogP contribution in [0.4, 0.5) is 0 Å². The summed E-state index contributed by atoms with van der Waals surface area (Å²) in [6.45, 7) is 6.79. The van der Waals surface area contributed by atoms with Crippen LogP contribution in [0.25, 0.3) is 0 Å². The first-order valence-electron chi connectivity index (χ1n) is 7.32. The van der Waals surface area contributed by atoms with E-state index in [2.05, 4.69) is 44.3 Å². The molecule has 1 nitrogen and oxygen atoms in total. The molecular weight excluding hydrogens is 236 g/mol. The molecule has 1 N–H and O–H groups in total. The second-order valence-corrected chi connectivity index (χ2v) is 10.5. The maximum Gasteiger partial charge on any atom is 0.113 e. The highest BCUT2D eigenvalue weighted by Crippen LogP contribution is 2.16. The third-order valence-corrected chi connectivity index (χ3v) is 7.71. The van der Waals surface area contributed by atoms with Gasteiger partial charge in [0.2, 0.25) is 0 Å². The molecule has 0 saturated carbocycles. The lowest BCUT2D eigenvalue weighted by Gasteiger charge is -2.29. The van der Waals surface area contributed by atoms with Gasteiger partial charge in [-0.3, -0.25) is 0 Å². The average molecular weight is 264 g/mol. The van der Waals surface area contributed by atoms with Gasteiger partial charge in [0.15, 0.2) is 0 Å². The van der Waals surface area contributed by atoms with Gasteiger partial charge in [-0.05, 0) is 6.42 Å². The monoisotopic (exact) mass is 264 g/mol. The van der Waals surface area contributed by atoms with E-state index in [4.69, 9.17) is 0 Å². The number of benzene rings is 1. The van der Waals surface area contributed by atoms with Crippen LogP contribution in [0.3, 0.4) is 0 Å². The summed E-state index contributed by atoms with van der Waals surface area (Å²) < 4.78 is 0. The van der Waals surface area contributed by atoms with E-state index in [0.717, 1.165) is 6.42 Å². The van der Waals surface area contributed by atoms with Gasteiger partial charge in [-0.25, -0.2) is 0 Å². The summed E-state index contributed by atoms with van der Waals surface area (Å²) in [5.74, 6) is 0. The van der Waals surface area contributed by atoms with Crippen LogP contribution >= 0.6 is 0 Å². The lowest BCUT2D eigenvalue weighted by Crippen LogP contribution is -2.52. The zero-order valence-electron chi connectivity index (χ0n) is 12.2. The van der Waals surface area contributed by atoms with Crippen LogP contribution in [-0.2, 0) is 0 Å². The second kappa shape index (κ2) is 7.75. The van der Waals surface area contributed by atoms with E-state index in [-0.39, 0.29) is 5.73 Å². The van der Waals surface area contributed by atoms with Crippen LogP contribution in [0.15, 0.2) is 30.3 Å². The summed E-state index contributed by atoms with van der Waals surface area (Å²) in [6.07, 6.45) is 7.34. The van der Waals surface area contributed by atoms with Gasteiger partial charge in [0.1, 0.15) is 8.07 Å². The fourth-order valence-corrected chi connectivity index (χ4v) is 4.72. The van der Waals surface area contributed by atoms with Crippen molar-refractivity contribution in [2.75, 3.05) is 0 Å². The minimum absolute atomic E-state index is 0.110. The fourth-order valence-electron chi connectivity index (χ4n) is 2.36. The Morgan fingerprint density at radius 2 is 1.61 bits per heavy atom. The predicted octanol–water partition coefficient (Wildman–Crippen LogP) is 3.86. The third-order valence-electron chi connectivity index (χ3n) is 3.93. The molecule has 2 heteroatoms. The number of rotatable bonds is 8. The molecule has 1 aromatic rings. The van der Waals surface area contributed by atoms with Gasteiger partial charge >= 0.3 is 0 Å². The highest BCUT2D eigenvalue weighted by atomic mass is 28.3. The predicted molar refractivity (Wildman–Crippen MR) is 82.9 cm³/mol. The van der Waals surface area contributed by atoms with Gasteiger partial charge in [0.25, 0.3) is 0 Å². The van der Waals surface area contributed by atoms with Crippen molar-refractivity contribution in [1.29, 1.82) is 0 Å². The van der Waals surface area contributed by atoms with E-state index in [0.29, 0.717) is 0 Å². The van der Waals surface area contributed by atoms with Crippen LogP contribution < -0.4 is 5.19 Å². The Labute approximate surface area is 113 Å². The lowest BCUT2D eigenvalue weighted by atomic mass is 10.1. The first kappa shape index (κ1) is 15.5. The van der Waals surface area contributed by atoms with Crippen LogP contribution in [-0.4, -0.2) is 18.9 Å². The van der Waals surface area contributed by atoms with Crippen LogP contribution in [0.2, 0.25) is 13.1 Å². The molecule has 0 fully saturated rings. The molecule has 0 unspecified atom stereocenters. The molecule has 1 aromatic carbocycles. The summed E-state index contributed by atoms with van der Waals surface area (Å²) >= 11 is 0. The van der Waals surface area contributed by atoms with E-state index < -0.39 is 8.07 Å². The van der Waals surface area contributed by atoms with Gasteiger partial charge in [-0.15, -0.1) is 0 Å². The molecule has 0 aliphatic heterocycles. The Balaban J connectivity index is 2.42. The van der Waals surface area contributed by atoms with E-state index in [1.165, 1.54) is 37.3 Å². The maximum absolute atomic E-state index is 10.4. The molecule has 0 radical (unpaired) electrons. The number of hydrogen-bond donors (Lipinski definition) is 1. The normalized spacial score (nSPS) is 13.6. The van der Waals surface area contributed by atoms with E-state index in [1.807, 2.05) is 6.07 Å². The Kier molecular flexibility index (Phi) is 6.65. The second-order valence-electron chi connectivity index (χ2n) is 5.81. The Morgan fingerprint density at radius 3 is 2.22 bits per heavy atom. The topological polar surface area (TPSA) is 20.2 Å². The zero-order chi connectivity index (χ0) is 13.4. The van der Waals surface area contributed by atoms with E-state index in [1.54, 1.807) is 0 Å². The third kappa shape index (κ3) is 4.58. The van der Waals surface area contributed by atoms with Crippen molar-refractivity contribution in [2.45, 2.75) is 64.3 Å². The van der Waals surface area contributed by atoms with E-state index in [9.17, 15) is 5.11 Å². The minimum atomic E-state index is -1.70. The Bertz CT molecular complexity index is 321. The first-order valence-corrected chi connectivity index (χ1v) is 10.4. The summed E-state index contributed by atoms with van der Waals surface area (Å²) in [7, 11) is -1.70. The summed E-state index contributed by atoms with van der Waals surface area (Å²) in [6, 6.07) is 10.6. The first-order chi connectivity index (χ1) is 8.59. The van der Waals surface area contributed by atoms with Gasteiger partial charge in [-0.2, -0.15) is 0 Å². The quantitative estimate of drug-likeness (QED) is 0.558. The van der Waals surface area contributed by atoms with Crippen molar-refractivity contribution in [1.82, 2.24) is 0 Å². The van der Waals surface area contributed by atoms with Crippen molar-refractivity contribution in [3.8, 4) is 0 Å². The summed E-state index contributed by atoms with van der Waals surface area (Å²) in [4.78, 5) is 0. The molecule has 0 amide bonds. The number of aliphatic hydroxyl groups excluding tert-OH is 1. The van der Waals surface area contributed by atoms with Crippen LogP contribution in [0.1, 0.15) is 45.4 Å². The van der Waals surface area contributed by atoms with Crippen LogP contribution in [0, 0.1) is 0 Å². The van der Waals surface area contributed by atoms with Crippen molar-refractivity contribution in [3.63, 3.8) is 0 Å². The summed E-state index contributed by atoms with van der Waals surface area (Å²) in [5.41, 5.74) is -0.110. The molecule has 0 aliphatic carbocycles. The highest BCUT2D eigenvalue weighted by Gasteiger charge is 2.31. The smallest absolute Gasteiger partial charge is 0.113 e. The molecule has 0 heterocycles. The molecule has 0 spiro atoms. The average Bonchev–Trinajstić information content (AvgIpc) is 2.39. The summed E-state index contributed by atoms with van der Waals surface area (Å²) in [5, 5.41) is 11.8. The molecule has 0 saturated heterocycles. The Hall–Kier alpha value is -0.603. The number of unbranched alkanes of at least 4 members (excludes halogenated alkanes) is 4. The van der Waals surface area contributed by atoms with E-state index >= 15 is 0 Å². The van der Waals surface area contributed by atoms with Crippen molar-refractivity contribution < 1.29 is 5.11 Å². The largest absolute Gasteiger partial charge is 0.396 e.